The van der Waals surface area contributed by atoms with Gasteiger partial charge in [0, 0.05) is 21.5 Å². The lowest BCUT2D eigenvalue weighted by Crippen LogP contribution is -2.48. The SMILES string of the molecule is CCOC(=O)[C@@H]1ON2O[C@H](C(=O)c3ccccc3)[C@H]3c4cc(Br)ccc4O[C@@H]1[C@H]32. The fourth-order valence-corrected chi connectivity index (χ4v) is 4.60. The van der Waals surface area contributed by atoms with Crippen LogP contribution in [0.1, 0.15) is 28.8 Å². The minimum absolute atomic E-state index is 0.145. The zero-order valence-corrected chi connectivity index (χ0v) is 17.1. The molecule has 3 heterocycles. The van der Waals surface area contributed by atoms with E-state index in [-0.39, 0.29) is 18.3 Å². The van der Waals surface area contributed by atoms with Crippen molar-refractivity contribution in [3.63, 3.8) is 0 Å². The number of hydrogen-bond acceptors (Lipinski definition) is 7. The topological polar surface area (TPSA) is 74.3 Å². The molecule has 2 saturated heterocycles. The molecule has 29 heavy (non-hydrogen) atoms. The molecule has 0 aromatic heterocycles. The van der Waals surface area contributed by atoms with Gasteiger partial charge in [-0.3, -0.25) is 14.5 Å². The van der Waals surface area contributed by atoms with Gasteiger partial charge in [0.1, 0.15) is 11.8 Å². The van der Waals surface area contributed by atoms with E-state index in [0.29, 0.717) is 11.3 Å². The number of ketones is 1. The van der Waals surface area contributed by atoms with Gasteiger partial charge in [-0.05, 0) is 25.1 Å². The van der Waals surface area contributed by atoms with Crippen molar-refractivity contribution in [2.24, 2.45) is 0 Å². The van der Waals surface area contributed by atoms with Crippen LogP contribution in [0.5, 0.6) is 5.75 Å². The molecule has 3 aliphatic rings. The number of carbonyl (C=O) groups is 2. The fourth-order valence-electron chi connectivity index (χ4n) is 4.22. The fraction of sp³-hybridized carbons (Fsp3) is 0.333. The van der Waals surface area contributed by atoms with E-state index in [1.807, 2.05) is 36.4 Å². The molecule has 2 fully saturated rings. The van der Waals surface area contributed by atoms with Gasteiger partial charge in [-0.2, -0.15) is 0 Å². The van der Waals surface area contributed by atoms with E-state index < -0.39 is 30.3 Å². The Morgan fingerprint density at radius 2 is 1.86 bits per heavy atom. The number of halogens is 1. The molecule has 5 atom stereocenters. The number of benzene rings is 2. The van der Waals surface area contributed by atoms with Crippen molar-refractivity contribution in [3.05, 3.63) is 64.1 Å². The van der Waals surface area contributed by atoms with Crippen LogP contribution in [0.3, 0.4) is 0 Å². The number of carbonyl (C=O) groups excluding carboxylic acids is 2. The van der Waals surface area contributed by atoms with Gasteiger partial charge in [-0.1, -0.05) is 51.5 Å². The Hall–Kier alpha value is -2.26. The van der Waals surface area contributed by atoms with Crippen LogP contribution in [0.4, 0.5) is 0 Å². The highest BCUT2D eigenvalue weighted by atomic mass is 79.9. The Morgan fingerprint density at radius 1 is 1.10 bits per heavy atom. The number of hydroxylamine groups is 2. The maximum Gasteiger partial charge on any atom is 0.341 e. The van der Waals surface area contributed by atoms with Crippen LogP contribution in [0.25, 0.3) is 0 Å². The highest BCUT2D eigenvalue weighted by Crippen LogP contribution is 2.51. The van der Waals surface area contributed by atoms with E-state index in [0.717, 1.165) is 10.0 Å². The summed E-state index contributed by atoms with van der Waals surface area (Å²) in [5.41, 5.74) is 1.39. The highest BCUT2D eigenvalue weighted by Gasteiger charge is 2.64. The average Bonchev–Trinajstić information content (AvgIpc) is 3.28. The van der Waals surface area contributed by atoms with Crippen LogP contribution in [0, 0.1) is 0 Å². The molecular weight excluding hydrogens is 442 g/mol. The van der Waals surface area contributed by atoms with Crippen LogP contribution >= 0.6 is 15.9 Å². The number of nitrogens with zero attached hydrogens (tertiary/aromatic N) is 1. The van der Waals surface area contributed by atoms with Gasteiger partial charge < -0.3 is 9.47 Å². The van der Waals surface area contributed by atoms with E-state index in [2.05, 4.69) is 15.9 Å². The molecule has 5 rings (SSSR count). The standard InChI is InChI=1S/C21H18BrNO6/c1-2-26-21(25)20-19-16-15(13-10-12(22)8-9-14(13)27-19)18(28-23(16)29-20)17(24)11-6-4-3-5-7-11/h3-10,15-16,18-20H,2H2,1H3/t15-,16-,18-,19+,20+/m0/s1. The van der Waals surface area contributed by atoms with Gasteiger partial charge >= 0.3 is 5.97 Å². The maximum absolute atomic E-state index is 13.2. The zero-order chi connectivity index (χ0) is 20.1. The lowest BCUT2D eigenvalue weighted by atomic mass is 9.79. The van der Waals surface area contributed by atoms with Crippen molar-refractivity contribution in [3.8, 4) is 5.75 Å². The smallest absolute Gasteiger partial charge is 0.341 e. The third-order valence-corrected chi connectivity index (χ3v) is 5.93. The normalized spacial score (nSPS) is 29.7. The molecule has 0 amide bonds. The minimum Gasteiger partial charge on any atom is -0.485 e. The van der Waals surface area contributed by atoms with E-state index in [1.165, 1.54) is 5.23 Å². The molecule has 2 aromatic rings. The molecule has 0 bridgehead atoms. The molecule has 8 heteroatoms. The molecule has 0 unspecified atom stereocenters. The summed E-state index contributed by atoms with van der Waals surface area (Å²) in [6.45, 7) is 1.97. The molecular formula is C21H18BrNO6. The molecule has 0 spiro atoms. The quantitative estimate of drug-likeness (QED) is 0.513. The molecule has 150 valence electrons. The van der Waals surface area contributed by atoms with Crippen molar-refractivity contribution >= 4 is 27.7 Å². The third-order valence-electron chi connectivity index (χ3n) is 5.44. The summed E-state index contributed by atoms with van der Waals surface area (Å²) < 4.78 is 12.1. The summed E-state index contributed by atoms with van der Waals surface area (Å²) in [5.74, 6) is -0.405. The molecule has 0 saturated carbocycles. The number of fused-ring (bicyclic) bond motifs is 2. The lowest BCUT2D eigenvalue weighted by Gasteiger charge is -2.33. The van der Waals surface area contributed by atoms with E-state index in [4.69, 9.17) is 19.1 Å². The van der Waals surface area contributed by atoms with Crippen molar-refractivity contribution in [2.45, 2.75) is 37.2 Å². The van der Waals surface area contributed by atoms with Crippen LogP contribution in [-0.4, -0.2) is 47.9 Å². The van der Waals surface area contributed by atoms with E-state index in [1.54, 1.807) is 19.1 Å². The average molecular weight is 460 g/mol. The Morgan fingerprint density at radius 3 is 2.62 bits per heavy atom. The van der Waals surface area contributed by atoms with Crippen molar-refractivity contribution in [1.29, 1.82) is 0 Å². The summed E-state index contributed by atoms with van der Waals surface area (Å²) in [6, 6.07) is 14.2. The number of esters is 1. The van der Waals surface area contributed by atoms with E-state index in [9.17, 15) is 9.59 Å². The first-order valence-corrected chi connectivity index (χ1v) is 10.2. The minimum atomic E-state index is -0.952. The summed E-state index contributed by atoms with van der Waals surface area (Å²) >= 11 is 3.49. The monoisotopic (exact) mass is 459 g/mol. The van der Waals surface area contributed by atoms with Gasteiger partial charge in [0.15, 0.2) is 18.0 Å². The second kappa shape index (κ2) is 7.21. The Bertz CT molecular complexity index is 967. The van der Waals surface area contributed by atoms with Gasteiger partial charge in [0.05, 0.1) is 6.61 Å². The van der Waals surface area contributed by atoms with Crippen LogP contribution < -0.4 is 4.74 Å². The van der Waals surface area contributed by atoms with Crippen molar-refractivity contribution < 1.29 is 28.7 Å². The van der Waals surface area contributed by atoms with Gasteiger partial charge in [0.2, 0.25) is 6.10 Å². The molecule has 2 aromatic carbocycles. The van der Waals surface area contributed by atoms with E-state index >= 15 is 0 Å². The zero-order valence-electron chi connectivity index (χ0n) is 15.5. The number of Topliss-reactive ketones (excluding diaryl/α,β-unsaturated/α-hetero) is 1. The van der Waals surface area contributed by atoms with Crippen molar-refractivity contribution in [2.75, 3.05) is 6.61 Å². The molecule has 3 aliphatic heterocycles. The highest BCUT2D eigenvalue weighted by molar-refractivity contribution is 9.10. The molecule has 7 nitrogen and oxygen atoms in total. The second-order valence-electron chi connectivity index (χ2n) is 7.10. The third kappa shape index (κ3) is 2.98. The summed E-state index contributed by atoms with van der Waals surface area (Å²) in [4.78, 5) is 37.3. The number of hydrogen-bond donors (Lipinski definition) is 0. The number of ether oxygens (including phenoxy) is 2. The predicted octanol–water partition coefficient (Wildman–Crippen LogP) is 3.04. The summed E-state index contributed by atoms with van der Waals surface area (Å²) in [6.07, 6.45) is -2.38. The molecule has 0 radical (unpaired) electrons. The van der Waals surface area contributed by atoms with Crippen LogP contribution in [-0.2, 0) is 19.2 Å². The number of rotatable bonds is 4. The summed E-state index contributed by atoms with van der Waals surface area (Å²) in [7, 11) is 0. The first-order chi connectivity index (χ1) is 14.1. The van der Waals surface area contributed by atoms with Gasteiger partial charge in [-0.25, -0.2) is 4.79 Å². The first kappa shape index (κ1) is 18.7. The van der Waals surface area contributed by atoms with Crippen LogP contribution in [0.2, 0.25) is 0 Å². The molecule has 0 N–H and O–H groups in total. The van der Waals surface area contributed by atoms with Gasteiger partial charge in [0.25, 0.3) is 0 Å². The Labute approximate surface area is 175 Å². The maximum atomic E-state index is 13.2. The largest absolute Gasteiger partial charge is 0.485 e. The summed E-state index contributed by atoms with van der Waals surface area (Å²) in [5, 5.41) is 1.26. The van der Waals surface area contributed by atoms with Crippen LogP contribution in [0.15, 0.2) is 53.0 Å². The lowest BCUT2D eigenvalue weighted by molar-refractivity contribution is -0.347. The van der Waals surface area contributed by atoms with Gasteiger partial charge in [-0.15, -0.1) is 0 Å². The second-order valence-corrected chi connectivity index (χ2v) is 8.02. The first-order valence-electron chi connectivity index (χ1n) is 9.43. The Balaban J connectivity index is 1.56. The predicted molar refractivity (Wildman–Crippen MR) is 104 cm³/mol. The van der Waals surface area contributed by atoms with Crippen molar-refractivity contribution in [1.82, 2.24) is 5.23 Å². The molecule has 0 aliphatic carbocycles. The Kier molecular flexibility index (Phi) is 4.66.